The van der Waals surface area contributed by atoms with E-state index in [1.54, 1.807) is 24.7 Å². The molecule has 0 aliphatic heterocycles. The highest BCUT2D eigenvalue weighted by atomic mass is 19.1. The van der Waals surface area contributed by atoms with Crippen LogP contribution in [0.4, 0.5) is 10.4 Å². The standard InChI is InChI=1S/C19H17FN4O/c1-12-6-7-14(10-17(12)24-9-8-21-11-24)13(2)22-19-23-16-5-3-4-15(20)18(16)25-19/h3-11,13H,1-2H3,(H,22,23)/t13-/m0/s1. The van der Waals surface area contributed by atoms with Crippen LogP contribution in [0.5, 0.6) is 0 Å². The Morgan fingerprint density at radius 2 is 2.12 bits per heavy atom. The number of aryl methyl sites for hydroxylation is 1. The molecule has 0 saturated carbocycles. The maximum absolute atomic E-state index is 13.7. The number of hydrogen-bond donors (Lipinski definition) is 1. The Kier molecular flexibility index (Phi) is 3.72. The molecule has 1 N–H and O–H groups in total. The van der Waals surface area contributed by atoms with E-state index in [-0.39, 0.29) is 11.6 Å². The molecule has 0 spiro atoms. The van der Waals surface area contributed by atoms with Gasteiger partial charge in [-0.1, -0.05) is 18.2 Å². The highest BCUT2D eigenvalue weighted by Crippen LogP contribution is 2.26. The Bertz CT molecular complexity index is 1020. The summed E-state index contributed by atoms with van der Waals surface area (Å²) >= 11 is 0. The summed E-state index contributed by atoms with van der Waals surface area (Å²) < 4.78 is 21.2. The number of oxazole rings is 1. The third kappa shape index (κ3) is 2.87. The van der Waals surface area contributed by atoms with Crippen LogP contribution < -0.4 is 5.32 Å². The number of imidazole rings is 1. The summed E-state index contributed by atoms with van der Waals surface area (Å²) in [6, 6.07) is 11.2. The summed E-state index contributed by atoms with van der Waals surface area (Å²) in [5, 5.41) is 3.20. The molecule has 0 bridgehead atoms. The Labute approximate surface area is 144 Å². The quantitative estimate of drug-likeness (QED) is 0.590. The highest BCUT2D eigenvalue weighted by molar-refractivity contribution is 5.74. The van der Waals surface area contributed by atoms with Gasteiger partial charge >= 0.3 is 0 Å². The Hall–Kier alpha value is -3.15. The van der Waals surface area contributed by atoms with Crippen LogP contribution in [0.15, 0.2) is 59.5 Å². The molecule has 25 heavy (non-hydrogen) atoms. The van der Waals surface area contributed by atoms with Crippen LogP contribution in [-0.4, -0.2) is 14.5 Å². The predicted octanol–water partition coefficient (Wildman–Crippen LogP) is 4.63. The van der Waals surface area contributed by atoms with Crippen molar-refractivity contribution in [3.63, 3.8) is 0 Å². The smallest absolute Gasteiger partial charge is 0.296 e. The number of halogens is 1. The third-order valence-corrected chi connectivity index (χ3v) is 4.22. The predicted molar refractivity (Wildman–Crippen MR) is 94.3 cm³/mol. The van der Waals surface area contributed by atoms with Gasteiger partial charge in [-0.15, -0.1) is 0 Å². The minimum atomic E-state index is -0.413. The molecule has 0 amide bonds. The normalized spacial score (nSPS) is 12.4. The number of hydrogen-bond acceptors (Lipinski definition) is 4. The van der Waals surface area contributed by atoms with Crippen molar-refractivity contribution in [2.24, 2.45) is 0 Å². The molecule has 4 rings (SSSR count). The van der Waals surface area contributed by atoms with E-state index in [4.69, 9.17) is 4.42 Å². The molecule has 6 heteroatoms. The van der Waals surface area contributed by atoms with Gasteiger partial charge in [-0.3, -0.25) is 0 Å². The van der Waals surface area contributed by atoms with Crippen LogP contribution in [0.3, 0.4) is 0 Å². The van der Waals surface area contributed by atoms with E-state index >= 15 is 0 Å². The van der Waals surface area contributed by atoms with Gasteiger partial charge in [-0.25, -0.2) is 9.37 Å². The SMILES string of the molecule is Cc1ccc([C@H](C)Nc2nc3cccc(F)c3o2)cc1-n1ccnc1. The van der Waals surface area contributed by atoms with Gasteiger partial charge in [-0.2, -0.15) is 4.98 Å². The van der Waals surface area contributed by atoms with Gasteiger partial charge in [0.2, 0.25) is 0 Å². The van der Waals surface area contributed by atoms with Gasteiger partial charge in [-0.05, 0) is 43.2 Å². The van der Waals surface area contributed by atoms with Crippen LogP contribution in [0.2, 0.25) is 0 Å². The van der Waals surface area contributed by atoms with Gasteiger partial charge in [0.05, 0.1) is 12.4 Å². The Balaban J connectivity index is 1.63. The number of aromatic nitrogens is 3. The van der Waals surface area contributed by atoms with Crippen molar-refractivity contribution in [3.05, 3.63) is 72.1 Å². The van der Waals surface area contributed by atoms with Crippen LogP contribution in [0.1, 0.15) is 24.1 Å². The number of nitrogens with zero attached hydrogens (tertiary/aromatic N) is 3. The summed E-state index contributed by atoms with van der Waals surface area (Å²) in [5.74, 6) is -0.413. The lowest BCUT2D eigenvalue weighted by atomic mass is 10.0. The monoisotopic (exact) mass is 336 g/mol. The molecule has 2 heterocycles. The molecule has 5 nitrogen and oxygen atoms in total. The average Bonchev–Trinajstić information content (AvgIpc) is 3.25. The summed E-state index contributed by atoms with van der Waals surface area (Å²) in [6.45, 7) is 4.06. The van der Waals surface area contributed by atoms with Crippen molar-refractivity contribution in [1.82, 2.24) is 14.5 Å². The largest absolute Gasteiger partial charge is 0.420 e. The first-order valence-corrected chi connectivity index (χ1v) is 8.02. The van der Waals surface area contributed by atoms with Crippen LogP contribution in [0, 0.1) is 12.7 Å². The zero-order chi connectivity index (χ0) is 17.4. The molecule has 4 aromatic rings. The average molecular weight is 336 g/mol. The van der Waals surface area contributed by atoms with Gasteiger partial charge in [0.1, 0.15) is 5.52 Å². The molecule has 0 saturated heterocycles. The highest BCUT2D eigenvalue weighted by Gasteiger charge is 2.14. The first-order chi connectivity index (χ1) is 12.1. The van der Waals surface area contributed by atoms with E-state index in [9.17, 15) is 4.39 Å². The Morgan fingerprint density at radius 1 is 1.24 bits per heavy atom. The van der Waals surface area contributed by atoms with Crippen molar-refractivity contribution in [3.8, 4) is 5.69 Å². The van der Waals surface area contributed by atoms with E-state index in [1.807, 2.05) is 17.7 Å². The number of benzene rings is 2. The number of anilines is 1. The van der Waals surface area contributed by atoms with Crippen molar-refractivity contribution in [2.75, 3.05) is 5.32 Å². The zero-order valence-corrected chi connectivity index (χ0v) is 13.9. The Morgan fingerprint density at radius 3 is 2.88 bits per heavy atom. The van der Waals surface area contributed by atoms with Crippen LogP contribution >= 0.6 is 0 Å². The number of para-hydroxylation sites is 1. The molecular formula is C19H17FN4O. The van der Waals surface area contributed by atoms with Gasteiger partial charge in [0, 0.05) is 18.1 Å². The molecule has 0 radical (unpaired) electrons. The van der Waals surface area contributed by atoms with Crippen molar-refractivity contribution in [1.29, 1.82) is 0 Å². The number of fused-ring (bicyclic) bond motifs is 1. The number of nitrogens with one attached hydrogen (secondary N) is 1. The maximum atomic E-state index is 13.7. The minimum absolute atomic E-state index is 0.0565. The van der Waals surface area contributed by atoms with E-state index in [0.29, 0.717) is 11.5 Å². The third-order valence-electron chi connectivity index (χ3n) is 4.22. The molecule has 2 aromatic heterocycles. The summed E-state index contributed by atoms with van der Waals surface area (Å²) in [6.07, 6.45) is 5.43. The lowest BCUT2D eigenvalue weighted by Crippen LogP contribution is -2.08. The molecule has 0 aliphatic carbocycles. The van der Waals surface area contributed by atoms with Crippen LogP contribution in [0.25, 0.3) is 16.8 Å². The first kappa shape index (κ1) is 15.4. The maximum Gasteiger partial charge on any atom is 0.296 e. The lowest BCUT2D eigenvalue weighted by Gasteiger charge is -2.15. The zero-order valence-electron chi connectivity index (χ0n) is 13.9. The van der Waals surface area contributed by atoms with Gasteiger partial charge in [0.15, 0.2) is 11.4 Å². The van der Waals surface area contributed by atoms with E-state index in [1.165, 1.54) is 6.07 Å². The van der Waals surface area contributed by atoms with E-state index < -0.39 is 5.82 Å². The van der Waals surface area contributed by atoms with E-state index in [2.05, 4.69) is 40.4 Å². The molecule has 1 atom stereocenters. The number of rotatable bonds is 4. The van der Waals surface area contributed by atoms with Crippen molar-refractivity contribution in [2.45, 2.75) is 19.9 Å². The fraction of sp³-hybridized carbons (Fsp3) is 0.158. The second-order valence-electron chi connectivity index (χ2n) is 5.99. The molecule has 2 aromatic carbocycles. The van der Waals surface area contributed by atoms with Gasteiger partial charge < -0.3 is 14.3 Å². The van der Waals surface area contributed by atoms with Crippen molar-refractivity contribution < 1.29 is 8.81 Å². The second kappa shape index (κ2) is 6.05. The van der Waals surface area contributed by atoms with Gasteiger partial charge in [0.25, 0.3) is 6.01 Å². The topological polar surface area (TPSA) is 55.9 Å². The summed E-state index contributed by atoms with van der Waals surface area (Å²) in [5.41, 5.74) is 3.94. The fourth-order valence-electron chi connectivity index (χ4n) is 2.82. The first-order valence-electron chi connectivity index (χ1n) is 8.02. The summed E-state index contributed by atoms with van der Waals surface area (Å²) in [4.78, 5) is 8.40. The van der Waals surface area contributed by atoms with Crippen LogP contribution in [-0.2, 0) is 0 Å². The van der Waals surface area contributed by atoms with E-state index in [0.717, 1.165) is 16.8 Å². The summed E-state index contributed by atoms with van der Waals surface area (Å²) in [7, 11) is 0. The molecule has 0 aliphatic rings. The molecule has 0 fully saturated rings. The lowest BCUT2D eigenvalue weighted by molar-refractivity contribution is 0.558. The molecule has 126 valence electrons. The molecule has 0 unspecified atom stereocenters. The molecular weight excluding hydrogens is 319 g/mol. The van der Waals surface area contributed by atoms with Crippen molar-refractivity contribution >= 4 is 17.1 Å². The second-order valence-corrected chi connectivity index (χ2v) is 5.99. The minimum Gasteiger partial charge on any atom is -0.420 e. The fourth-order valence-corrected chi connectivity index (χ4v) is 2.82.